The number of benzene rings is 2. The van der Waals surface area contributed by atoms with Gasteiger partial charge in [0.25, 0.3) is 0 Å². The van der Waals surface area contributed by atoms with E-state index in [-0.39, 0.29) is 6.03 Å². The Morgan fingerprint density at radius 2 is 2.09 bits per heavy atom. The molecule has 0 radical (unpaired) electrons. The van der Waals surface area contributed by atoms with Crippen molar-refractivity contribution in [3.05, 3.63) is 52.5 Å². The normalized spacial score (nSPS) is 10.2. The van der Waals surface area contributed by atoms with E-state index in [1.165, 1.54) is 0 Å². The van der Waals surface area contributed by atoms with Gasteiger partial charge in [-0.15, -0.1) is 11.8 Å². The quantitative estimate of drug-likeness (QED) is 0.706. The molecular formula is C17H19BrN2O2S. The van der Waals surface area contributed by atoms with Gasteiger partial charge in [0.05, 0.1) is 7.11 Å². The molecule has 0 bridgehead atoms. The van der Waals surface area contributed by atoms with E-state index in [0.717, 1.165) is 26.4 Å². The van der Waals surface area contributed by atoms with Crippen LogP contribution in [0.15, 0.2) is 51.8 Å². The molecule has 2 amide bonds. The van der Waals surface area contributed by atoms with E-state index in [0.29, 0.717) is 13.0 Å². The molecule has 0 saturated heterocycles. The summed E-state index contributed by atoms with van der Waals surface area (Å²) in [7, 11) is 1.64. The third kappa shape index (κ3) is 5.48. The van der Waals surface area contributed by atoms with Crippen molar-refractivity contribution in [2.75, 3.05) is 25.2 Å². The molecule has 0 saturated carbocycles. The summed E-state index contributed by atoms with van der Waals surface area (Å²) in [4.78, 5) is 13.1. The molecule has 2 rings (SSSR count). The Morgan fingerprint density at radius 3 is 2.83 bits per heavy atom. The van der Waals surface area contributed by atoms with Crippen molar-refractivity contribution in [3.63, 3.8) is 0 Å². The smallest absolute Gasteiger partial charge is 0.319 e. The van der Waals surface area contributed by atoms with Gasteiger partial charge < -0.3 is 15.4 Å². The van der Waals surface area contributed by atoms with E-state index in [4.69, 9.17) is 4.74 Å². The van der Waals surface area contributed by atoms with E-state index in [9.17, 15) is 4.79 Å². The van der Waals surface area contributed by atoms with E-state index >= 15 is 0 Å². The summed E-state index contributed by atoms with van der Waals surface area (Å²) < 4.78 is 6.32. The second-order valence-corrected chi connectivity index (χ2v) is 6.61. The summed E-state index contributed by atoms with van der Waals surface area (Å²) >= 11 is 5.09. The molecule has 2 N–H and O–H groups in total. The maximum Gasteiger partial charge on any atom is 0.319 e. The van der Waals surface area contributed by atoms with Crippen LogP contribution in [0, 0.1) is 0 Å². The highest BCUT2D eigenvalue weighted by molar-refractivity contribution is 9.10. The van der Waals surface area contributed by atoms with Gasteiger partial charge in [0, 0.05) is 21.6 Å². The van der Waals surface area contributed by atoms with E-state index < -0.39 is 0 Å². The van der Waals surface area contributed by atoms with Gasteiger partial charge in [-0.3, -0.25) is 0 Å². The Bertz CT molecular complexity index is 679. The molecule has 0 unspecified atom stereocenters. The van der Waals surface area contributed by atoms with Gasteiger partial charge >= 0.3 is 6.03 Å². The monoisotopic (exact) mass is 394 g/mol. The molecule has 23 heavy (non-hydrogen) atoms. The first kappa shape index (κ1) is 17.7. The number of carbonyl (C=O) groups excluding carboxylic acids is 1. The summed E-state index contributed by atoms with van der Waals surface area (Å²) in [6.45, 7) is 0.529. The highest BCUT2D eigenvalue weighted by atomic mass is 79.9. The zero-order valence-electron chi connectivity index (χ0n) is 13.1. The van der Waals surface area contributed by atoms with Gasteiger partial charge in [-0.25, -0.2) is 4.79 Å². The van der Waals surface area contributed by atoms with E-state index in [2.05, 4.69) is 26.6 Å². The number of anilines is 1. The molecule has 4 nitrogen and oxygen atoms in total. The fraction of sp³-hybridized carbons (Fsp3) is 0.235. The second kappa shape index (κ2) is 8.84. The topological polar surface area (TPSA) is 50.4 Å². The molecule has 6 heteroatoms. The predicted octanol–water partition coefficient (Wildman–Crippen LogP) is 4.54. The molecule has 0 spiro atoms. The molecule has 0 fully saturated rings. The van der Waals surface area contributed by atoms with Crippen LogP contribution in [0.4, 0.5) is 10.5 Å². The molecule has 2 aromatic carbocycles. The fourth-order valence-corrected chi connectivity index (χ4v) is 3.00. The van der Waals surface area contributed by atoms with Crippen LogP contribution in [-0.2, 0) is 6.42 Å². The van der Waals surface area contributed by atoms with Crippen LogP contribution in [0.25, 0.3) is 0 Å². The van der Waals surface area contributed by atoms with Crippen LogP contribution in [0.5, 0.6) is 5.75 Å². The number of halogens is 1. The molecule has 0 aliphatic carbocycles. The van der Waals surface area contributed by atoms with Crippen LogP contribution in [0.2, 0.25) is 0 Å². The summed E-state index contributed by atoms with van der Waals surface area (Å²) in [6.07, 6.45) is 2.70. The Balaban J connectivity index is 1.86. The largest absolute Gasteiger partial charge is 0.496 e. The Labute approximate surface area is 149 Å². The SMILES string of the molecule is COc1ccc(Br)cc1CCNC(=O)Nc1cccc(SC)c1. The summed E-state index contributed by atoms with van der Waals surface area (Å²) in [5.41, 5.74) is 1.83. The lowest BCUT2D eigenvalue weighted by molar-refractivity contribution is 0.252. The van der Waals surface area contributed by atoms with E-state index in [1.54, 1.807) is 18.9 Å². The standard InChI is InChI=1S/C17H19BrN2O2S/c1-22-16-7-6-13(18)10-12(16)8-9-19-17(21)20-14-4-3-5-15(11-14)23-2/h3-7,10-11H,8-9H2,1-2H3,(H2,19,20,21). The van der Waals surface area contributed by atoms with Crippen molar-refractivity contribution in [3.8, 4) is 5.75 Å². The lowest BCUT2D eigenvalue weighted by Gasteiger charge is -2.11. The van der Waals surface area contributed by atoms with Crippen LogP contribution < -0.4 is 15.4 Å². The molecule has 122 valence electrons. The number of urea groups is 1. The number of carbonyl (C=O) groups is 1. The fourth-order valence-electron chi connectivity index (χ4n) is 2.13. The third-order valence-electron chi connectivity index (χ3n) is 3.25. The van der Waals surface area contributed by atoms with Crippen LogP contribution in [0.1, 0.15) is 5.56 Å². The first-order valence-corrected chi connectivity index (χ1v) is 9.15. The molecule has 0 heterocycles. The number of amides is 2. The second-order valence-electron chi connectivity index (χ2n) is 4.82. The number of nitrogens with one attached hydrogen (secondary N) is 2. The van der Waals surface area contributed by atoms with Gasteiger partial charge in [0.15, 0.2) is 0 Å². The van der Waals surface area contributed by atoms with Crippen molar-refractivity contribution >= 4 is 39.4 Å². The Morgan fingerprint density at radius 1 is 1.26 bits per heavy atom. The van der Waals surface area contributed by atoms with Gasteiger partial charge in [-0.05, 0) is 54.6 Å². The van der Waals surface area contributed by atoms with Crippen LogP contribution >= 0.6 is 27.7 Å². The minimum Gasteiger partial charge on any atom is -0.496 e. The molecule has 2 aromatic rings. The first-order valence-electron chi connectivity index (χ1n) is 7.13. The maximum atomic E-state index is 12.0. The average Bonchev–Trinajstić information content (AvgIpc) is 2.55. The van der Waals surface area contributed by atoms with Gasteiger partial charge in [-0.1, -0.05) is 22.0 Å². The number of hydrogen-bond donors (Lipinski definition) is 2. The molecule has 0 aliphatic rings. The molecule has 0 aromatic heterocycles. The predicted molar refractivity (Wildman–Crippen MR) is 99.6 cm³/mol. The van der Waals surface area contributed by atoms with Gasteiger partial charge in [0.1, 0.15) is 5.75 Å². The third-order valence-corrected chi connectivity index (χ3v) is 4.47. The zero-order chi connectivity index (χ0) is 16.7. The lowest BCUT2D eigenvalue weighted by atomic mass is 10.1. The Hall–Kier alpha value is -1.66. The summed E-state index contributed by atoms with van der Waals surface area (Å²) in [6, 6.07) is 13.4. The van der Waals surface area contributed by atoms with Crippen molar-refractivity contribution in [1.82, 2.24) is 5.32 Å². The number of rotatable bonds is 6. The van der Waals surface area contributed by atoms with Crippen LogP contribution in [0.3, 0.4) is 0 Å². The maximum absolute atomic E-state index is 12.0. The molecule has 0 atom stereocenters. The van der Waals surface area contributed by atoms with Gasteiger partial charge in [0.2, 0.25) is 0 Å². The average molecular weight is 395 g/mol. The van der Waals surface area contributed by atoms with Crippen molar-refractivity contribution < 1.29 is 9.53 Å². The van der Waals surface area contributed by atoms with Crippen molar-refractivity contribution in [2.45, 2.75) is 11.3 Å². The minimum absolute atomic E-state index is 0.211. The summed E-state index contributed by atoms with van der Waals surface area (Å²) in [5.74, 6) is 0.822. The highest BCUT2D eigenvalue weighted by Crippen LogP contribution is 2.23. The van der Waals surface area contributed by atoms with Crippen molar-refractivity contribution in [2.24, 2.45) is 0 Å². The van der Waals surface area contributed by atoms with Crippen LogP contribution in [-0.4, -0.2) is 25.9 Å². The van der Waals surface area contributed by atoms with Crippen molar-refractivity contribution in [1.29, 1.82) is 0 Å². The minimum atomic E-state index is -0.211. The zero-order valence-corrected chi connectivity index (χ0v) is 15.5. The highest BCUT2D eigenvalue weighted by Gasteiger charge is 2.06. The Kier molecular flexibility index (Phi) is 6.80. The number of hydrogen-bond acceptors (Lipinski definition) is 3. The van der Waals surface area contributed by atoms with Gasteiger partial charge in [-0.2, -0.15) is 0 Å². The number of thioether (sulfide) groups is 1. The van der Waals surface area contributed by atoms with E-state index in [1.807, 2.05) is 48.7 Å². The molecular weight excluding hydrogens is 376 g/mol. The first-order chi connectivity index (χ1) is 11.1. The lowest BCUT2D eigenvalue weighted by Crippen LogP contribution is -2.30. The summed E-state index contributed by atoms with van der Waals surface area (Å²) in [5, 5.41) is 5.70. The number of ether oxygens (including phenoxy) is 1. The number of methoxy groups -OCH3 is 1. The molecule has 0 aliphatic heterocycles.